The van der Waals surface area contributed by atoms with E-state index in [0.717, 1.165) is 22.5 Å². The molecule has 0 aliphatic carbocycles. The van der Waals surface area contributed by atoms with E-state index in [4.69, 9.17) is 14.2 Å². The minimum atomic E-state index is -1.08. The number of hydrogen-bond donors (Lipinski definition) is 1. The minimum absolute atomic E-state index is 0.0860. The van der Waals surface area contributed by atoms with E-state index in [9.17, 15) is 9.90 Å². The number of anilines is 1. The molecule has 0 aromatic heterocycles. The summed E-state index contributed by atoms with van der Waals surface area (Å²) in [5.41, 5.74) is 1.03. The van der Waals surface area contributed by atoms with Gasteiger partial charge in [-0.1, -0.05) is 24.8 Å². The molecule has 33 heavy (non-hydrogen) atoms. The smallest absolute Gasteiger partial charge is 0.245 e. The normalized spacial score (nSPS) is 28.8. The van der Waals surface area contributed by atoms with Crippen LogP contribution in [0.2, 0.25) is 0 Å². The monoisotopic (exact) mass is 448 g/mol. The van der Waals surface area contributed by atoms with Crippen LogP contribution in [0.15, 0.2) is 48.7 Å². The number of para-hydroxylation sites is 1. The molecule has 2 aromatic carbocycles. The van der Waals surface area contributed by atoms with Crippen molar-refractivity contribution in [2.24, 2.45) is 0 Å². The van der Waals surface area contributed by atoms with Crippen molar-refractivity contribution in [1.82, 2.24) is 4.90 Å². The van der Waals surface area contributed by atoms with E-state index >= 15 is 0 Å². The molecule has 0 saturated carbocycles. The van der Waals surface area contributed by atoms with Gasteiger partial charge in [-0.2, -0.15) is 0 Å². The number of fused-ring (bicyclic) bond motifs is 5. The largest absolute Gasteiger partial charge is 0.491 e. The predicted molar refractivity (Wildman–Crippen MR) is 123 cm³/mol. The number of benzene rings is 2. The number of ether oxygens (including phenoxy) is 3. The molecule has 7 nitrogen and oxygen atoms in total. The Morgan fingerprint density at radius 3 is 2.55 bits per heavy atom. The fourth-order valence-corrected chi connectivity index (χ4v) is 6.04. The summed E-state index contributed by atoms with van der Waals surface area (Å²) < 4.78 is 17.2. The number of rotatable bonds is 2. The van der Waals surface area contributed by atoms with Gasteiger partial charge < -0.3 is 29.1 Å². The van der Waals surface area contributed by atoms with Crippen LogP contribution in [0.3, 0.4) is 0 Å². The molecular formula is C26H28N2O5. The number of aliphatic hydroxyl groups is 1. The van der Waals surface area contributed by atoms with Crippen LogP contribution in [0.4, 0.5) is 5.69 Å². The minimum Gasteiger partial charge on any atom is -0.491 e. The molecule has 1 fully saturated rings. The van der Waals surface area contributed by atoms with Gasteiger partial charge in [0.05, 0.1) is 12.1 Å². The number of piperidine rings is 1. The average molecular weight is 449 g/mol. The zero-order chi connectivity index (χ0) is 23.2. The Labute approximate surface area is 193 Å². The lowest BCUT2D eigenvalue weighted by Crippen LogP contribution is -2.58. The Balaban J connectivity index is 1.43. The van der Waals surface area contributed by atoms with Crippen LogP contribution in [0.1, 0.15) is 37.8 Å². The fraction of sp³-hybridized carbons (Fsp3) is 0.423. The Morgan fingerprint density at radius 1 is 1.06 bits per heavy atom. The van der Waals surface area contributed by atoms with Crippen molar-refractivity contribution in [3.63, 3.8) is 0 Å². The van der Waals surface area contributed by atoms with Crippen LogP contribution in [-0.4, -0.2) is 54.0 Å². The summed E-state index contributed by atoms with van der Waals surface area (Å²) in [7, 11) is 2.00. The quantitative estimate of drug-likeness (QED) is 0.761. The van der Waals surface area contributed by atoms with Crippen molar-refractivity contribution in [2.75, 3.05) is 31.9 Å². The highest BCUT2D eigenvalue weighted by molar-refractivity contribution is 6.11. The molecule has 1 saturated heterocycles. The highest BCUT2D eigenvalue weighted by Gasteiger charge is 2.58. The second-order valence-corrected chi connectivity index (χ2v) is 10.3. The van der Waals surface area contributed by atoms with E-state index in [0.29, 0.717) is 30.1 Å². The molecule has 1 amide bonds. The lowest BCUT2D eigenvalue weighted by Gasteiger charge is -2.50. The molecule has 172 valence electrons. The van der Waals surface area contributed by atoms with Crippen molar-refractivity contribution in [2.45, 2.75) is 43.2 Å². The van der Waals surface area contributed by atoms with Gasteiger partial charge in [0.2, 0.25) is 12.7 Å². The standard InChI is InChI=1S/C26H28N2O5/c1-16-11-25(30,12-24(2,3)27(16)4)13-28-19-8-6-5-7-17(19)26(23(28)29)14-31-20-10-22-21(9-18(20)26)32-15-33-22/h5-10,30H,1,11-15H2,2-4H3. The first-order valence-corrected chi connectivity index (χ1v) is 11.3. The van der Waals surface area contributed by atoms with Gasteiger partial charge in [0.15, 0.2) is 11.5 Å². The predicted octanol–water partition coefficient (Wildman–Crippen LogP) is 3.19. The molecule has 4 aliphatic rings. The van der Waals surface area contributed by atoms with E-state index in [1.54, 1.807) is 4.90 Å². The van der Waals surface area contributed by atoms with Gasteiger partial charge in [-0.15, -0.1) is 0 Å². The summed E-state index contributed by atoms with van der Waals surface area (Å²) in [5, 5.41) is 11.7. The molecular weight excluding hydrogens is 420 g/mol. The van der Waals surface area contributed by atoms with Crippen LogP contribution in [0, 0.1) is 0 Å². The summed E-state index contributed by atoms with van der Waals surface area (Å²) in [6.45, 7) is 8.91. The van der Waals surface area contributed by atoms with E-state index in [1.807, 2.05) is 43.4 Å². The first-order chi connectivity index (χ1) is 15.6. The number of β-amino-alcohol motifs (C(OH)–C–C–N with tert-alkyl or cyclic N) is 1. The maximum Gasteiger partial charge on any atom is 0.245 e. The molecule has 4 aliphatic heterocycles. The first-order valence-electron chi connectivity index (χ1n) is 11.3. The van der Waals surface area contributed by atoms with E-state index in [-0.39, 0.29) is 31.4 Å². The third-order valence-corrected chi connectivity index (χ3v) is 7.77. The molecule has 1 N–H and O–H groups in total. The maximum atomic E-state index is 14.2. The zero-order valence-electron chi connectivity index (χ0n) is 19.2. The van der Waals surface area contributed by atoms with Crippen molar-refractivity contribution in [3.05, 3.63) is 59.8 Å². The van der Waals surface area contributed by atoms with Gasteiger partial charge >= 0.3 is 0 Å². The van der Waals surface area contributed by atoms with Gasteiger partial charge in [0, 0.05) is 48.4 Å². The molecule has 2 aromatic rings. The van der Waals surface area contributed by atoms with Crippen molar-refractivity contribution in [1.29, 1.82) is 0 Å². The Hall–Kier alpha value is -3.19. The summed E-state index contributed by atoms with van der Waals surface area (Å²) in [4.78, 5) is 18.1. The van der Waals surface area contributed by atoms with E-state index in [1.165, 1.54) is 0 Å². The van der Waals surface area contributed by atoms with Gasteiger partial charge in [0.25, 0.3) is 0 Å². The number of amides is 1. The highest BCUT2D eigenvalue weighted by atomic mass is 16.7. The summed E-state index contributed by atoms with van der Waals surface area (Å²) in [5.74, 6) is 1.80. The Kier molecular flexibility index (Phi) is 3.99. The second-order valence-electron chi connectivity index (χ2n) is 10.3. The summed E-state index contributed by atoms with van der Waals surface area (Å²) >= 11 is 0. The number of carbonyl (C=O) groups is 1. The van der Waals surface area contributed by atoms with Crippen molar-refractivity contribution < 1.29 is 24.1 Å². The molecule has 2 unspecified atom stereocenters. The average Bonchev–Trinajstić information content (AvgIpc) is 3.43. The molecule has 1 spiro atoms. The third-order valence-electron chi connectivity index (χ3n) is 7.77. The van der Waals surface area contributed by atoms with E-state index in [2.05, 4.69) is 25.3 Å². The number of nitrogens with zero attached hydrogens (tertiary/aromatic N) is 2. The van der Waals surface area contributed by atoms with Crippen molar-refractivity contribution >= 4 is 11.6 Å². The summed E-state index contributed by atoms with van der Waals surface area (Å²) in [6.07, 6.45) is 0.942. The van der Waals surface area contributed by atoms with Crippen LogP contribution < -0.4 is 19.1 Å². The van der Waals surface area contributed by atoms with Gasteiger partial charge in [0.1, 0.15) is 17.8 Å². The van der Waals surface area contributed by atoms with Gasteiger partial charge in [-0.05, 0) is 31.5 Å². The highest BCUT2D eigenvalue weighted by Crippen LogP contribution is 2.55. The van der Waals surface area contributed by atoms with Crippen LogP contribution >= 0.6 is 0 Å². The van der Waals surface area contributed by atoms with Crippen molar-refractivity contribution in [3.8, 4) is 17.2 Å². The van der Waals surface area contributed by atoms with Crippen LogP contribution in [0.25, 0.3) is 0 Å². The number of carbonyl (C=O) groups excluding carboxylic acids is 1. The Morgan fingerprint density at radius 2 is 1.79 bits per heavy atom. The number of hydrogen-bond acceptors (Lipinski definition) is 6. The lowest BCUT2D eigenvalue weighted by atomic mass is 9.76. The Bertz CT molecular complexity index is 1210. The van der Waals surface area contributed by atoms with Crippen LogP contribution in [-0.2, 0) is 10.2 Å². The van der Waals surface area contributed by atoms with Crippen LogP contribution in [0.5, 0.6) is 17.2 Å². The maximum absolute atomic E-state index is 14.2. The van der Waals surface area contributed by atoms with Gasteiger partial charge in [-0.25, -0.2) is 0 Å². The van der Waals surface area contributed by atoms with E-state index < -0.39 is 11.0 Å². The first kappa shape index (κ1) is 20.4. The number of likely N-dealkylation sites (tertiary alicyclic amines) is 1. The second kappa shape index (κ2) is 6.44. The van der Waals surface area contributed by atoms with Gasteiger partial charge in [-0.3, -0.25) is 4.79 Å². The fourth-order valence-electron chi connectivity index (χ4n) is 6.04. The molecule has 6 rings (SSSR count). The zero-order valence-corrected chi connectivity index (χ0v) is 19.2. The lowest BCUT2D eigenvalue weighted by molar-refractivity contribution is -0.123. The molecule has 0 radical (unpaired) electrons. The molecule has 0 bridgehead atoms. The summed E-state index contributed by atoms with van der Waals surface area (Å²) in [6, 6.07) is 11.5. The molecule has 2 atom stereocenters. The molecule has 7 heteroatoms. The third kappa shape index (κ3) is 2.69. The SMILES string of the molecule is C=C1CC(O)(CN2C(=O)C3(COc4cc5c(cc43)OCO5)c3ccccc32)CC(C)(C)N1C. The molecule has 4 heterocycles. The topological polar surface area (TPSA) is 71.5 Å².